The van der Waals surface area contributed by atoms with Crippen LogP contribution in [0.15, 0.2) is 66.7 Å². The molecule has 0 spiro atoms. The number of hydrogen-bond acceptors (Lipinski definition) is 3. The molecule has 3 aromatic rings. The Hall–Kier alpha value is -1.89. The van der Waals surface area contributed by atoms with Crippen molar-refractivity contribution in [1.29, 1.82) is 0 Å². The van der Waals surface area contributed by atoms with Gasteiger partial charge in [0.25, 0.3) is 0 Å². The van der Waals surface area contributed by atoms with Crippen molar-refractivity contribution in [3.8, 4) is 0 Å². The number of hydrogen-bond donors (Lipinski definition) is 1. The topological polar surface area (TPSA) is 49.4 Å². The zero-order chi connectivity index (χ0) is 28.5. The summed E-state index contributed by atoms with van der Waals surface area (Å²) >= 11 is 26.8. The third-order valence-electron chi connectivity index (χ3n) is 7.09. The Morgan fingerprint density at radius 3 is 2.20 bits per heavy atom. The van der Waals surface area contributed by atoms with Crippen LogP contribution in [0, 0.1) is 0 Å². The van der Waals surface area contributed by atoms with Crippen LogP contribution in [0.2, 0.25) is 20.1 Å². The van der Waals surface area contributed by atoms with E-state index < -0.39 is 6.04 Å². The predicted octanol–water partition coefficient (Wildman–Crippen LogP) is 8.62. The predicted molar refractivity (Wildman–Crippen MR) is 169 cm³/mol. The van der Waals surface area contributed by atoms with E-state index in [0.717, 1.165) is 36.8 Å². The number of carbonyl (C=O) groups is 2. The summed E-state index contributed by atoms with van der Waals surface area (Å²) in [5.74, 6) is 0.424. The highest BCUT2D eigenvalue weighted by molar-refractivity contribution is 7.99. The molecule has 212 valence electrons. The van der Waals surface area contributed by atoms with Crippen LogP contribution in [0.5, 0.6) is 0 Å². The summed E-state index contributed by atoms with van der Waals surface area (Å²) in [6, 6.07) is 19.9. The Kier molecular flexibility index (Phi) is 11.9. The van der Waals surface area contributed by atoms with Crippen molar-refractivity contribution in [3.63, 3.8) is 0 Å². The van der Waals surface area contributed by atoms with Crippen LogP contribution in [0.4, 0.5) is 0 Å². The van der Waals surface area contributed by atoms with Crippen molar-refractivity contribution in [2.75, 3.05) is 5.75 Å². The van der Waals surface area contributed by atoms with E-state index in [2.05, 4.69) is 5.32 Å². The lowest BCUT2D eigenvalue weighted by atomic mass is 9.94. The quantitative estimate of drug-likeness (QED) is 0.229. The third kappa shape index (κ3) is 8.80. The number of rotatable bonds is 11. The molecule has 0 radical (unpaired) electrons. The van der Waals surface area contributed by atoms with Gasteiger partial charge in [-0.05, 0) is 48.2 Å². The summed E-state index contributed by atoms with van der Waals surface area (Å²) in [7, 11) is 0. The Morgan fingerprint density at radius 1 is 0.825 bits per heavy atom. The summed E-state index contributed by atoms with van der Waals surface area (Å²) in [5.41, 5.74) is 2.55. The molecule has 3 aromatic carbocycles. The molecule has 1 fully saturated rings. The van der Waals surface area contributed by atoms with Crippen molar-refractivity contribution in [2.24, 2.45) is 0 Å². The summed E-state index contributed by atoms with van der Waals surface area (Å²) in [5, 5.41) is 5.13. The number of halogens is 4. The first kappa shape index (κ1) is 31.1. The van der Waals surface area contributed by atoms with Gasteiger partial charge in [-0.25, -0.2) is 0 Å². The maximum atomic E-state index is 13.9. The number of nitrogens with one attached hydrogen (secondary N) is 1. The highest BCUT2D eigenvalue weighted by Gasteiger charge is 2.32. The minimum Gasteiger partial charge on any atom is -0.352 e. The molecule has 0 heterocycles. The van der Waals surface area contributed by atoms with E-state index in [4.69, 9.17) is 46.4 Å². The van der Waals surface area contributed by atoms with E-state index in [-0.39, 0.29) is 30.2 Å². The van der Waals surface area contributed by atoms with Gasteiger partial charge in [0.2, 0.25) is 11.8 Å². The monoisotopic (exact) mass is 636 g/mol. The summed E-state index contributed by atoms with van der Waals surface area (Å²) < 4.78 is 0. The van der Waals surface area contributed by atoms with Crippen molar-refractivity contribution < 1.29 is 9.59 Å². The van der Waals surface area contributed by atoms with E-state index >= 15 is 0 Å². The molecule has 1 atom stereocenters. The minimum atomic E-state index is -0.727. The molecule has 9 heteroatoms. The molecule has 0 saturated heterocycles. The standard InChI is InChI=1S/C31H32Cl4N2O2S/c32-25-12-7-13-26(33)24(25)18-37(30(38)20-40-19-22-14-15-27(34)28(35)16-22)29(17-21-8-3-1-4-9-21)31(39)36-23-10-5-2-6-11-23/h1,3-4,7-9,12-16,23,29H,2,5-6,10-11,17-20H2,(H,36,39)/t29-/m1/s1. The highest BCUT2D eigenvalue weighted by atomic mass is 35.5. The smallest absolute Gasteiger partial charge is 0.243 e. The largest absolute Gasteiger partial charge is 0.352 e. The number of nitrogens with zero attached hydrogens (tertiary/aromatic N) is 1. The minimum absolute atomic E-state index is 0.115. The number of thioether (sulfide) groups is 1. The third-order valence-corrected chi connectivity index (χ3v) is 9.53. The molecule has 0 unspecified atom stereocenters. The van der Waals surface area contributed by atoms with Crippen molar-refractivity contribution >= 4 is 70.0 Å². The van der Waals surface area contributed by atoms with Gasteiger partial charge in [0.1, 0.15) is 6.04 Å². The second-order valence-electron chi connectivity index (χ2n) is 10.0. The Labute approximate surface area is 260 Å². The number of carbonyl (C=O) groups excluding carboxylic acids is 2. The molecule has 0 aromatic heterocycles. The van der Waals surface area contributed by atoms with Gasteiger partial charge in [0, 0.05) is 40.4 Å². The zero-order valence-corrected chi connectivity index (χ0v) is 25.9. The zero-order valence-electron chi connectivity index (χ0n) is 22.1. The van der Waals surface area contributed by atoms with Gasteiger partial charge in [-0.15, -0.1) is 11.8 Å². The van der Waals surface area contributed by atoms with E-state index in [9.17, 15) is 9.59 Å². The average molecular weight is 638 g/mol. The highest BCUT2D eigenvalue weighted by Crippen LogP contribution is 2.29. The first-order valence-corrected chi connectivity index (χ1v) is 16.1. The van der Waals surface area contributed by atoms with Crippen LogP contribution in [0.3, 0.4) is 0 Å². The lowest BCUT2D eigenvalue weighted by Crippen LogP contribution is -2.53. The fourth-order valence-corrected chi connectivity index (χ4v) is 6.62. The molecule has 2 amide bonds. The van der Waals surface area contributed by atoms with Crippen molar-refractivity contribution in [2.45, 2.75) is 62.9 Å². The van der Waals surface area contributed by atoms with E-state index in [0.29, 0.717) is 37.8 Å². The normalized spacial score (nSPS) is 14.5. The first-order valence-electron chi connectivity index (χ1n) is 13.4. The maximum Gasteiger partial charge on any atom is 0.243 e. The Morgan fingerprint density at radius 2 is 1.52 bits per heavy atom. The van der Waals surface area contributed by atoms with Crippen LogP contribution in [0.1, 0.15) is 48.8 Å². The fourth-order valence-electron chi connectivity index (χ4n) is 4.92. The van der Waals surface area contributed by atoms with Gasteiger partial charge in [-0.1, -0.05) is 108 Å². The molecular weight excluding hydrogens is 606 g/mol. The van der Waals surface area contributed by atoms with Gasteiger partial charge < -0.3 is 10.2 Å². The molecule has 4 nitrogen and oxygen atoms in total. The molecule has 0 aliphatic heterocycles. The summed E-state index contributed by atoms with van der Waals surface area (Å²) in [6.45, 7) is 0.125. The van der Waals surface area contributed by atoms with Crippen LogP contribution in [-0.4, -0.2) is 34.6 Å². The van der Waals surface area contributed by atoms with Gasteiger partial charge >= 0.3 is 0 Å². The van der Waals surface area contributed by atoms with Gasteiger partial charge in [0.05, 0.1) is 15.8 Å². The van der Waals surface area contributed by atoms with Gasteiger partial charge in [-0.2, -0.15) is 0 Å². The molecule has 4 rings (SSSR count). The lowest BCUT2D eigenvalue weighted by Gasteiger charge is -2.34. The SMILES string of the molecule is O=C(NC1CCCCC1)[C@@H](Cc1ccccc1)N(Cc1c(Cl)cccc1Cl)C(=O)CSCc1ccc(Cl)c(Cl)c1. The van der Waals surface area contributed by atoms with Gasteiger partial charge in [-0.3, -0.25) is 9.59 Å². The van der Waals surface area contributed by atoms with Crippen LogP contribution < -0.4 is 5.32 Å². The van der Waals surface area contributed by atoms with Crippen molar-refractivity contribution in [1.82, 2.24) is 10.2 Å². The number of benzene rings is 3. The average Bonchev–Trinajstić information content (AvgIpc) is 2.95. The Bertz CT molecular complexity index is 1280. The molecule has 1 saturated carbocycles. The first-order chi connectivity index (χ1) is 19.3. The van der Waals surface area contributed by atoms with Gasteiger partial charge in [0.15, 0.2) is 0 Å². The fraction of sp³-hybridized carbons (Fsp3) is 0.355. The summed E-state index contributed by atoms with van der Waals surface area (Å²) in [6.07, 6.45) is 5.66. The second-order valence-corrected chi connectivity index (χ2v) is 12.6. The van der Waals surface area contributed by atoms with E-state index in [1.54, 1.807) is 35.2 Å². The molecular formula is C31H32Cl4N2O2S. The van der Waals surface area contributed by atoms with E-state index in [1.807, 2.05) is 36.4 Å². The van der Waals surface area contributed by atoms with Crippen molar-refractivity contribution in [3.05, 3.63) is 104 Å². The lowest BCUT2D eigenvalue weighted by molar-refractivity contribution is -0.139. The molecule has 1 aliphatic rings. The molecule has 0 bridgehead atoms. The molecule has 1 N–H and O–H groups in total. The molecule has 1 aliphatic carbocycles. The van der Waals surface area contributed by atoms with Crippen LogP contribution >= 0.6 is 58.2 Å². The molecule has 40 heavy (non-hydrogen) atoms. The maximum absolute atomic E-state index is 13.9. The van der Waals surface area contributed by atoms with Crippen LogP contribution in [0.25, 0.3) is 0 Å². The second kappa shape index (κ2) is 15.4. The Balaban J connectivity index is 1.60. The van der Waals surface area contributed by atoms with E-state index in [1.165, 1.54) is 18.2 Å². The summed E-state index contributed by atoms with van der Waals surface area (Å²) in [4.78, 5) is 29.4. The van der Waals surface area contributed by atoms with Crippen LogP contribution in [-0.2, 0) is 28.3 Å². The number of amides is 2.